The Hall–Kier alpha value is -0.950. The van der Waals surface area contributed by atoms with Crippen molar-refractivity contribution in [1.29, 1.82) is 0 Å². The second-order valence-corrected chi connectivity index (χ2v) is 3.55. The summed E-state index contributed by atoms with van der Waals surface area (Å²) < 4.78 is 0.780. The van der Waals surface area contributed by atoms with E-state index in [1.165, 1.54) is 6.26 Å². The van der Waals surface area contributed by atoms with Crippen molar-refractivity contribution in [3.05, 3.63) is 34.2 Å². The van der Waals surface area contributed by atoms with Crippen molar-refractivity contribution in [2.75, 3.05) is 5.01 Å². The maximum absolute atomic E-state index is 9.43. The van der Waals surface area contributed by atoms with Gasteiger partial charge in [-0.05, 0) is 34.7 Å². The highest BCUT2D eigenvalue weighted by Crippen LogP contribution is 2.29. The number of nitrogens with one attached hydrogen (secondary N) is 1. The summed E-state index contributed by atoms with van der Waals surface area (Å²) in [6.07, 6.45) is 3.26. The van der Waals surface area contributed by atoms with Crippen molar-refractivity contribution in [3.8, 4) is 5.75 Å². The van der Waals surface area contributed by atoms with Crippen LogP contribution in [0.2, 0.25) is 0 Å². The van der Waals surface area contributed by atoms with Crippen molar-refractivity contribution < 1.29 is 9.94 Å². The zero-order valence-electron chi connectivity index (χ0n) is 6.57. The first-order chi connectivity index (χ1) is 6.29. The molecule has 0 spiro atoms. The van der Waals surface area contributed by atoms with Crippen LogP contribution < -0.4 is 10.6 Å². The van der Waals surface area contributed by atoms with Gasteiger partial charge in [0.15, 0.2) is 0 Å². The van der Waals surface area contributed by atoms with E-state index in [0.717, 1.165) is 9.26 Å². The summed E-state index contributed by atoms with van der Waals surface area (Å²) in [5.41, 5.74) is 3.50. The molecule has 1 aliphatic heterocycles. The average molecular weight is 290 g/mol. The van der Waals surface area contributed by atoms with Gasteiger partial charge in [0.05, 0.1) is 15.5 Å². The Morgan fingerprint density at radius 3 is 3.00 bits per heavy atom. The average Bonchev–Trinajstić information content (AvgIpc) is 2.62. The molecule has 1 heterocycles. The molecule has 0 unspecified atom stereocenters. The minimum Gasteiger partial charge on any atom is -0.507 e. The SMILES string of the molecule is Oc1cccc(N2C=CON2)c1I. The summed E-state index contributed by atoms with van der Waals surface area (Å²) >= 11 is 2.07. The second kappa shape index (κ2) is 3.43. The predicted molar refractivity (Wildman–Crippen MR) is 56.7 cm³/mol. The molecule has 1 aromatic carbocycles. The van der Waals surface area contributed by atoms with Crippen LogP contribution in [0.5, 0.6) is 5.75 Å². The monoisotopic (exact) mass is 290 g/mol. The van der Waals surface area contributed by atoms with E-state index in [1.807, 2.05) is 6.07 Å². The molecule has 68 valence electrons. The van der Waals surface area contributed by atoms with Gasteiger partial charge in [0, 0.05) is 0 Å². The van der Waals surface area contributed by atoms with Crippen LogP contribution in [0.1, 0.15) is 0 Å². The van der Waals surface area contributed by atoms with Gasteiger partial charge in [0.25, 0.3) is 0 Å². The van der Waals surface area contributed by atoms with E-state index in [0.29, 0.717) is 0 Å². The van der Waals surface area contributed by atoms with Gasteiger partial charge in [-0.2, -0.15) is 0 Å². The van der Waals surface area contributed by atoms with E-state index in [9.17, 15) is 5.11 Å². The number of phenols is 1. The van der Waals surface area contributed by atoms with Crippen LogP contribution in [-0.2, 0) is 4.84 Å². The molecular weight excluding hydrogens is 283 g/mol. The smallest absolute Gasteiger partial charge is 0.131 e. The molecule has 0 aliphatic carbocycles. The van der Waals surface area contributed by atoms with Crippen molar-refractivity contribution >= 4 is 28.3 Å². The summed E-state index contributed by atoms with van der Waals surface area (Å²) in [6.45, 7) is 0. The molecule has 1 aromatic rings. The summed E-state index contributed by atoms with van der Waals surface area (Å²) in [6, 6.07) is 5.31. The summed E-state index contributed by atoms with van der Waals surface area (Å²) in [7, 11) is 0. The van der Waals surface area contributed by atoms with Crippen LogP contribution in [0.4, 0.5) is 5.69 Å². The normalized spacial score (nSPS) is 14.7. The fraction of sp³-hybridized carbons (Fsp3) is 0. The summed E-state index contributed by atoms with van der Waals surface area (Å²) in [5, 5.41) is 11.1. The maximum atomic E-state index is 9.43. The lowest BCUT2D eigenvalue weighted by Crippen LogP contribution is -2.27. The topological polar surface area (TPSA) is 44.7 Å². The number of hydrogen-bond donors (Lipinski definition) is 2. The van der Waals surface area contributed by atoms with Gasteiger partial charge in [-0.1, -0.05) is 11.7 Å². The first kappa shape index (κ1) is 8.64. The largest absolute Gasteiger partial charge is 0.507 e. The Labute approximate surface area is 88.9 Å². The minimum atomic E-state index is 0.264. The van der Waals surface area contributed by atoms with Gasteiger partial charge < -0.3 is 9.94 Å². The Morgan fingerprint density at radius 2 is 2.31 bits per heavy atom. The number of nitrogens with zero attached hydrogens (tertiary/aromatic N) is 1. The van der Waals surface area contributed by atoms with Crippen molar-refractivity contribution in [2.24, 2.45) is 0 Å². The predicted octanol–water partition coefficient (Wildman–Crippen LogP) is 1.72. The van der Waals surface area contributed by atoms with Crippen molar-refractivity contribution in [1.82, 2.24) is 5.59 Å². The Bertz CT molecular complexity index is 354. The third-order valence-electron chi connectivity index (χ3n) is 1.65. The molecule has 0 atom stereocenters. The Morgan fingerprint density at radius 1 is 1.46 bits per heavy atom. The number of halogens is 1. The Kier molecular flexibility index (Phi) is 2.28. The molecule has 0 saturated carbocycles. The van der Waals surface area contributed by atoms with Gasteiger partial charge in [-0.3, -0.25) is 0 Å². The number of hydrogen-bond acceptors (Lipinski definition) is 4. The highest BCUT2D eigenvalue weighted by molar-refractivity contribution is 14.1. The second-order valence-electron chi connectivity index (χ2n) is 2.47. The molecule has 4 nitrogen and oxygen atoms in total. The molecule has 13 heavy (non-hydrogen) atoms. The first-order valence-electron chi connectivity index (χ1n) is 3.64. The van der Waals surface area contributed by atoms with E-state index >= 15 is 0 Å². The van der Waals surface area contributed by atoms with Gasteiger partial charge in [0.2, 0.25) is 0 Å². The third kappa shape index (κ3) is 1.56. The molecule has 2 rings (SSSR count). The number of anilines is 1. The quantitative estimate of drug-likeness (QED) is 0.773. The number of phenolic OH excluding ortho intramolecular Hbond substituents is 1. The highest BCUT2D eigenvalue weighted by atomic mass is 127. The van der Waals surface area contributed by atoms with Gasteiger partial charge >= 0.3 is 0 Å². The van der Waals surface area contributed by atoms with Gasteiger partial charge in [-0.25, -0.2) is 5.01 Å². The zero-order chi connectivity index (χ0) is 9.26. The maximum Gasteiger partial charge on any atom is 0.131 e. The molecule has 0 amide bonds. The number of rotatable bonds is 1. The lowest BCUT2D eigenvalue weighted by Gasteiger charge is -2.15. The number of hydrazine groups is 1. The lowest BCUT2D eigenvalue weighted by atomic mass is 10.3. The van der Waals surface area contributed by atoms with Crippen LogP contribution in [-0.4, -0.2) is 5.11 Å². The number of aromatic hydroxyl groups is 1. The van der Waals surface area contributed by atoms with E-state index in [-0.39, 0.29) is 5.75 Å². The van der Waals surface area contributed by atoms with E-state index < -0.39 is 0 Å². The van der Waals surface area contributed by atoms with Crippen LogP contribution in [0.3, 0.4) is 0 Å². The lowest BCUT2D eigenvalue weighted by molar-refractivity contribution is 0.158. The molecule has 0 bridgehead atoms. The third-order valence-corrected chi connectivity index (χ3v) is 2.75. The standard InChI is InChI=1S/C8H7IN2O2/c9-8-6(2-1-3-7(8)12)11-4-5-13-10-11/h1-5,10,12H. The van der Waals surface area contributed by atoms with E-state index in [2.05, 4.69) is 28.2 Å². The molecule has 0 radical (unpaired) electrons. The zero-order valence-corrected chi connectivity index (χ0v) is 8.72. The summed E-state index contributed by atoms with van der Waals surface area (Å²) in [4.78, 5) is 4.82. The minimum absolute atomic E-state index is 0.264. The van der Waals surface area contributed by atoms with Crippen LogP contribution in [0.15, 0.2) is 30.7 Å². The molecule has 5 heteroatoms. The fourth-order valence-electron chi connectivity index (χ4n) is 1.03. The Balaban J connectivity index is 2.39. The van der Waals surface area contributed by atoms with E-state index in [4.69, 9.17) is 4.84 Å². The molecule has 0 fully saturated rings. The fourth-order valence-corrected chi connectivity index (χ4v) is 1.65. The molecular formula is C8H7IN2O2. The van der Waals surface area contributed by atoms with Crippen LogP contribution in [0, 0.1) is 3.57 Å². The van der Waals surface area contributed by atoms with Crippen LogP contribution >= 0.6 is 22.6 Å². The van der Waals surface area contributed by atoms with Gasteiger partial charge in [-0.15, -0.1) is 0 Å². The molecule has 0 saturated heterocycles. The molecule has 2 N–H and O–H groups in total. The highest BCUT2D eigenvalue weighted by Gasteiger charge is 2.12. The number of benzene rings is 1. The van der Waals surface area contributed by atoms with Crippen molar-refractivity contribution in [3.63, 3.8) is 0 Å². The van der Waals surface area contributed by atoms with Gasteiger partial charge in [0.1, 0.15) is 12.0 Å². The molecule has 0 aromatic heterocycles. The molecule has 1 aliphatic rings. The summed E-state index contributed by atoms with van der Waals surface area (Å²) in [5.74, 6) is 0.264. The van der Waals surface area contributed by atoms with Crippen LogP contribution in [0.25, 0.3) is 0 Å². The van der Waals surface area contributed by atoms with E-state index in [1.54, 1.807) is 23.3 Å². The first-order valence-corrected chi connectivity index (χ1v) is 4.71. The van der Waals surface area contributed by atoms with Crippen molar-refractivity contribution in [2.45, 2.75) is 0 Å².